The quantitative estimate of drug-likeness (QED) is 0.384. The van der Waals surface area contributed by atoms with Crippen molar-refractivity contribution in [3.63, 3.8) is 0 Å². The Morgan fingerprint density at radius 2 is 1.89 bits per heavy atom. The maximum Gasteiger partial charge on any atom is 0.149 e. The highest BCUT2D eigenvalue weighted by atomic mass is 32.1. The Morgan fingerprint density at radius 3 is 2.32 bits per heavy atom. The van der Waals surface area contributed by atoms with Crippen LogP contribution in [0.15, 0.2) is 29.5 Å². The van der Waals surface area contributed by atoms with Gasteiger partial charge in [0, 0.05) is 5.92 Å². The van der Waals surface area contributed by atoms with E-state index in [-0.39, 0.29) is 22.2 Å². The summed E-state index contributed by atoms with van der Waals surface area (Å²) in [5, 5.41) is 21.0. The van der Waals surface area contributed by atoms with Crippen LogP contribution in [-0.2, 0) is 0 Å². The van der Waals surface area contributed by atoms with Crippen molar-refractivity contribution in [1.82, 2.24) is 0 Å². The number of benzene rings is 1. The maximum absolute atomic E-state index is 13.4. The number of aliphatic hydroxyl groups is 1. The van der Waals surface area contributed by atoms with Crippen LogP contribution in [0.1, 0.15) is 13.8 Å². The van der Waals surface area contributed by atoms with Crippen LogP contribution in [0, 0.1) is 28.9 Å². The highest BCUT2D eigenvalue weighted by molar-refractivity contribution is 7.81. The fourth-order valence-electron chi connectivity index (χ4n) is 1.31. The van der Waals surface area contributed by atoms with Crippen molar-refractivity contribution >= 4 is 22.9 Å². The third-order valence-corrected chi connectivity index (χ3v) is 2.65. The SMILES string of the molecule is CC(C)/C(O)=C(\C#N)C(=S)Nc1c(F)cccc1F. The largest absolute Gasteiger partial charge is 0.511 e. The summed E-state index contributed by atoms with van der Waals surface area (Å²) in [7, 11) is 0. The standard InChI is InChI=1S/C13H12F2N2OS/c1-7(2)12(18)8(6-16)13(19)17-11-9(14)4-3-5-10(11)15/h3-5,7,18H,1-2H3,(H,17,19)/b12-8-. The van der Waals surface area contributed by atoms with E-state index in [2.05, 4.69) is 5.32 Å². The predicted octanol–water partition coefficient (Wildman–Crippen LogP) is 3.70. The van der Waals surface area contributed by atoms with Gasteiger partial charge in [0.05, 0.1) is 0 Å². The monoisotopic (exact) mass is 282 g/mol. The summed E-state index contributed by atoms with van der Waals surface area (Å²) in [5.74, 6) is -2.20. The number of hydrogen-bond acceptors (Lipinski definition) is 3. The van der Waals surface area contributed by atoms with Gasteiger partial charge in [-0.05, 0) is 12.1 Å². The summed E-state index contributed by atoms with van der Waals surface area (Å²) in [4.78, 5) is -0.224. The number of nitriles is 1. The van der Waals surface area contributed by atoms with Crippen molar-refractivity contribution in [2.75, 3.05) is 5.32 Å². The Labute approximate surface area is 115 Å². The first-order valence-corrected chi connectivity index (χ1v) is 5.87. The summed E-state index contributed by atoms with van der Waals surface area (Å²) < 4.78 is 26.8. The Bertz CT molecular complexity index is 556. The summed E-state index contributed by atoms with van der Waals surface area (Å²) in [5.41, 5.74) is -0.649. The molecule has 0 unspecified atom stereocenters. The van der Waals surface area contributed by atoms with Crippen LogP contribution in [0.25, 0.3) is 0 Å². The number of para-hydroxylation sites is 1. The first-order chi connectivity index (χ1) is 8.88. The van der Waals surface area contributed by atoms with Crippen LogP contribution in [0.3, 0.4) is 0 Å². The number of thiocarbonyl (C=S) groups is 1. The third kappa shape index (κ3) is 3.48. The average Bonchev–Trinajstić information content (AvgIpc) is 2.34. The lowest BCUT2D eigenvalue weighted by atomic mass is 10.1. The Morgan fingerprint density at radius 1 is 1.37 bits per heavy atom. The number of aliphatic hydroxyl groups excluding tert-OH is 1. The molecule has 0 saturated carbocycles. The molecule has 0 bridgehead atoms. The van der Waals surface area contributed by atoms with Gasteiger partial charge in [0.1, 0.15) is 39.7 Å². The molecule has 6 heteroatoms. The van der Waals surface area contributed by atoms with E-state index in [4.69, 9.17) is 17.5 Å². The second-order valence-electron chi connectivity index (χ2n) is 4.08. The van der Waals surface area contributed by atoms with Crippen LogP contribution in [0.2, 0.25) is 0 Å². The molecule has 1 aromatic rings. The first-order valence-electron chi connectivity index (χ1n) is 5.47. The zero-order chi connectivity index (χ0) is 14.6. The lowest BCUT2D eigenvalue weighted by Gasteiger charge is -2.11. The van der Waals surface area contributed by atoms with E-state index in [1.165, 1.54) is 6.07 Å². The topological polar surface area (TPSA) is 56.0 Å². The van der Waals surface area contributed by atoms with E-state index in [9.17, 15) is 13.9 Å². The molecule has 0 spiro atoms. The minimum Gasteiger partial charge on any atom is -0.511 e. The van der Waals surface area contributed by atoms with Gasteiger partial charge in [0.15, 0.2) is 0 Å². The zero-order valence-electron chi connectivity index (χ0n) is 10.4. The number of nitrogens with zero attached hydrogens (tertiary/aromatic N) is 1. The minimum atomic E-state index is -0.830. The van der Waals surface area contributed by atoms with E-state index >= 15 is 0 Å². The summed E-state index contributed by atoms with van der Waals surface area (Å²) in [6, 6.07) is 5.06. The highest BCUT2D eigenvalue weighted by Crippen LogP contribution is 2.20. The number of rotatable bonds is 3. The highest BCUT2D eigenvalue weighted by Gasteiger charge is 2.17. The summed E-state index contributed by atoms with van der Waals surface area (Å²) in [6.45, 7) is 3.33. The van der Waals surface area contributed by atoms with Crippen LogP contribution in [0.4, 0.5) is 14.5 Å². The number of nitrogens with one attached hydrogen (secondary N) is 1. The molecule has 1 rings (SSSR count). The van der Waals surface area contributed by atoms with Gasteiger partial charge in [-0.25, -0.2) is 8.78 Å². The predicted molar refractivity (Wildman–Crippen MR) is 72.7 cm³/mol. The molecule has 19 heavy (non-hydrogen) atoms. The molecule has 100 valence electrons. The van der Waals surface area contributed by atoms with Crippen LogP contribution in [-0.4, -0.2) is 10.1 Å². The van der Waals surface area contributed by atoms with Crippen LogP contribution >= 0.6 is 12.2 Å². The molecule has 0 atom stereocenters. The Hall–Kier alpha value is -2.00. The molecular weight excluding hydrogens is 270 g/mol. The molecule has 0 aliphatic carbocycles. The van der Waals surface area contributed by atoms with Crippen molar-refractivity contribution in [1.29, 1.82) is 5.26 Å². The molecule has 0 saturated heterocycles. The summed E-state index contributed by atoms with van der Waals surface area (Å²) in [6.07, 6.45) is 0. The fraction of sp³-hybridized carbons (Fsp3) is 0.231. The van der Waals surface area contributed by atoms with Crippen LogP contribution < -0.4 is 5.32 Å². The van der Waals surface area contributed by atoms with Gasteiger partial charge in [-0.3, -0.25) is 0 Å². The van der Waals surface area contributed by atoms with E-state index in [1.54, 1.807) is 19.9 Å². The molecule has 0 amide bonds. The van der Waals surface area contributed by atoms with Gasteiger partial charge in [-0.15, -0.1) is 0 Å². The van der Waals surface area contributed by atoms with E-state index in [0.29, 0.717) is 0 Å². The Kier molecular flexibility index (Phi) is 4.95. The van der Waals surface area contributed by atoms with Crippen molar-refractivity contribution < 1.29 is 13.9 Å². The van der Waals surface area contributed by atoms with Crippen molar-refractivity contribution in [2.24, 2.45) is 5.92 Å². The maximum atomic E-state index is 13.4. The van der Waals surface area contributed by atoms with Gasteiger partial charge < -0.3 is 10.4 Å². The molecule has 3 nitrogen and oxygen atoms in total. The molecular formula is C13H12F2N2OS. The molecule has 0 aromatic heterocycles. The minimum absolute atomic E-state index is 0.201. The summed E-state index contributed by atoms with van der Waals surface area (Å²) >= 11 is 4.89. The Balaban J connectivity index is 3.10. The van der Waals surface area contributed by atoms with E-state index in [1.807, 2.05) is 0 Å². The van der Waals surface area contributed by atoms with Gasteiger partial charge in [-0.1, -0.05) is 32.1 Å². The molecule has 1 aromatic carbocycles. The molecule has 0 radical (unpaired) electrons. The van der Waals surface area contributed by atoms with Gasteiger partial charge in [0.25, 0.3) is 0 Å². The second kappa shape index (κ2) is 6.25. The number of halogens is 2. The van der Waals surface area contributed by atoms with Crippen LogP contribution in [0.5, 0.6) is 0 Å². The lowest BCUT2D eigenvalue weighted by Crippen LogP contribution is -2.16. The number of hydrogen-bond donors (Lipinski definition) is 2. The molecule has 0 fully saturated rings. The van der Waals surface area contributed by atoms with Gasteiger partial charge in [0.2, 0.25) is 0 Å². The van der Waals surface area contributed by atoms with E-state index < -0.39 is 17.3 Å². The lowest BCUT2D eigenvalue weighted by molar-refractivity contribution is 0.350. The number of anilines is 1. The van der Waals surface area contributed by atoms with Gasteiger partial charge in [-0.2, -0.15) is 5.26 Å². The number of allylic oxidation sites excluding steroid dienone is 1. The normalized spacial score (nSPS) is 11.8. The fourth-order valence-corrected chi connectivity index (χ4v) is 1.56. The second-order valence-corrected chi connectivity index (χ2v) is 4.49. The van der Waals surface area contributed by atoms with Crippen molar-refractivity contribution in [3.05, 3.63) is 41.2 Å². The zero-order valence-corrected chi connectivity index (χ0v) is 11.2. The molecule has 0 aliphatic heterocycles. The molecule has 0 aliphatic rings. The van der Waals surface area contributed by atoms with E-state index in [0.717, 1.165) is 12.1 Å². The molecule has 2 N–H and O–H groups in total. The first kappa shape index (κ1) is 15.1. The average molecular weight is 282 g/mol. The third-order valence-electron chi connectivity index (χ3n) is 2.34. The van der Waals surface area contributed by atoms with Crippen molar-refractivity contribution in [2.45, 2.75) is 13.8 Å². The smallest absolute Gasteiger partial charge is 0.149 e. The van der Waals surface area contributed by atoms with Gasteiger partial charge >= 0.3 is 0 Å². The molecule has 0 heterocycles. The van der Waals surface area contributed by atoms with Crippen molar-refractivity contribution in [3.8, 4) is 6.07 Å².